The van der Waals surface area contributed by atoms with E-state index in [1.807, 2.05) is 5.32 Å². The lowest BCUT2D eigenvalue weighted by atomic mass is 10.00. The molecule has 23 heavy (non-hydrogen) atoms. The third-order valence-corrected chi connectivity index (χ3v) is 2.72. The lowest BCUT2D eigenvalue weighted by Crippen LogP contribution is -2.50. The maximum Gasteiger partial charge on any atom is 0.416 e. The first-order valence-electron chi connectivity index (χ1n) is 6.75. The number of hydrogen-bond acceptors (Lipinski definition) is 4. The van der Waals surface area contributed by atoms with Crippen molar-refractivity contribution < 1.29 is 32.6 Å². The van der Waals surface area contributed by atoms with Crippen molar-refractivity contribution in [1.29, 1.82) is 0 Å². The molecule has 0 fully saturated rings. The molecule has 0 aliphatic heterocycles. The van der Waals surface area contributed by atoms with Crippen LogP contribution in [-0.2, 0) is 22.1 Å². The first-order valence-corrected chi connectivity index (χ1v) is 6.75. The van der Waals surface area contributed by atoms with Crippen LogP contribution in [0.2, 0.25) is 0 Å². The van der Waals surface area contributed by atoms with E-state index in [1.165, 1.54) is 12.1 Å². The molecule has 0 saturated carbocycles. The lowest BCUT2D eigenvalue weighted by Gasteiger charge is -2.25. The Morgan fingerprint density at radius 3 is 2.26 bits per heavy atom. The van der Waals surface area contributed by atoms with Crippen molar-refractivity contribution in [3.8, 4) is 0 Å². The van der Waals surface area contributed by atoms with Gasteiger partial charge in [0.1, 0.15) is 5.60 Å². The Balaban J connectivity index is 2.94. The van der Waals surface area contributed by atoms with E-state index in [0.29, 0.717) is 0 Å². The Morgan fingerprint density at radius 1 is 1.22 bits per heavy atom. The van der Waals surface area contributed by atoms with Crippen LogP contribution in [0, 0.1) is 0 Å². The fourth-order valence-corrected chi connectivity index (χ4v) is 1.84. The van der Waals surface area contributed by atoms with Gasteiger partial charge >= 0.3 is 12.3 Å². The number of amides is 1. The first-order chi connectivity index (χ1) is 10.4. The van der Waals surface area contributed by atoms with Gasteiger partial charge in [0.15, 0.2) is 0 Å². The first kappa shape index (κ1) is 18.8. The van der Waals surface area contributed by atoms with Crippen LogP contribution in [0.1, 0.15) is 31.9 Å². The molecule has 128 valence electrons. The number of halogens is 3. The van der Waals surface area contributed by atoms with Crippen LogP contribution in [0.5, 0.6) is 0 Å². The third-order valence-electron chi connectivity index (χ3n) is 2.72. The van der Waals surface area contributed by atoms with Gasteiger partial charge in [0, 0.05) is 0 Å². The number of hydrogen-bond donors (Lipinski definition) is 1. The number of nitrogens with one attached hydrogen (secondary N) is 1. The van der Waals surface area contributed by atoms with Crippen molar-refractivity contribution in [2.45, 2.75) is 45.0 Å². The molecule has 8 heteroatoms. The molecule has 5 nitrogen and oxygen atoms in total. The molecular weight excluding hydrogens is 315 g/mol. The molecule has 0 aromatic heterocycles. The van der Waals surface area contributed by atoms with Gasteiger partial charge in [-0.2, -0.15) is 13.2 Å². The van der Waals surface area contributed by atoms with Gasteiger partial charge in [0.05, 0.1) is 17.6 Å². The highest BCUT2D eigenvalue weighted by atomic mass is 19.4. The van der Waals surface area contributed by atoms with Gasteiger partial charge < -0.3 is 20.0 Å². The van der Waals surface area contributed by atoms with Crippen molar-refractivity contribution in [2.75, 3.05) is 0 Å². The predicted octanol–water partition coefficient (Wildman–Crippen LogP) is 1.89. The van der Waals surface area contributed by atoms with Crippen LogP contribution in [0.25, 0.3) is 0 Å². The third kappa shape index (κ3) is 6.17. The van der Waals surface area contributed by atoms with Crippen LogP contribution < -0.4 is 10.4 Å². The van der Waals surface area contributed by atoms with Gasteiger partial charge in [-0.05, 0) is 38.8 Å². The maximum atomic E-state index is 12.9. The molecule has 0 heterocycles. The highest BCUT2D eigenvalue weighted by molar-refractivity contribution is 5.79. The van der Waals surface area contributed by atoms with E-state index in [-0.39, 0.29) is 5.56 Å². The van der Waals surface area contributed by atoms with Gasteiger partial charge in [-0.15, -0.1) is 0 Å². The molecule has 1 aromatic rings. The minimum absolute atomic E-state index is 0.259. The zero-order chi connectivity index (χ0) is 17.8. The summed E-state index contributed by atoms with van der Waals surface area (Å²) >= 11 is 0. The summed E-state index contributed by atoms with van der Waals surface area (Å²) in [6.45, 7) is 4.71. The summed E-state index contributed by atoms with van der Waals surface area (Å²) in [6, 6.07) is 2.89. The average molecular weight is 332 g/mol. The second-order valence-electron chi connectivity index (χ2n) is 5.88. The number of benzene rings is 1. The number of alkyl halides is 3. The van der Waals surface area contributed by atoms with Crippen molar-refractivity contribution in [1.82, 2.24) is 5.32 Å². The number of carboxylic acid groups (broad SMARTS) is 1. The molecule has 0 bridgehead atoms. The van der Waals surface area contributed by atoms with E-state index in [1.54, 1.807) is 20.8 Å². The molecule has 0 unspecified atom stereocenters. The number of ether oxygens (including phenoxy) is 1. The van der Waals surface area contributed by atoms with Gasteiger partial charge in [-0.1, -0.05) is 18.2 Å². The highest BCUT2D eigenvalue weighted by Crippen LogP contribution is 2.32. The molecule has 1 rings (SSSR count). The van der Waals surface area contributed by atoms with E-state index in [2.05, 4.69) is 0 Å². The molecule has 0 spiro atoms. The number of rotatable bonds is 4. The Hall–Kier alpha value is -2.25. The number of carbonyl (C=O) groups is 2. The zero-order valence-electron chi connectivity index (χ0n) is 12.9. The molecular formula is C15H17F3NO4-. The minimum Gasteiger partial charge on any atom is -0.548 e. The van der Waals surface area contributed by atoms with E-state index in [0.717, 1.165) is 12.1 Å². The lowest BCUT2D eigenvalue weighted by molar-refractivity contribution is -0.308. The molecule has 0 aliphatic carbocycles. The highest BCUT2D eigenvalue weighted by Gasteiger charge is 2.33. The van der Waals surface area contributed by atoms with Crippen molar-refractivity contribution in [2.24, 2.45) is 0 Å². The second kappa shape index (κ2) is 6.89. The monoisotopic (exact) mass is 332 g/mol. The molecule has 1 atom stereocenters. The molecule has 1 amide bonds. The predicted molar refractivity (Wildman–Crippen MR) is 73.3 cm³/mol. The molecule has 0 aliphatic rings. The van der Waals surface area contributed by atoms with Gasteiger partial charge in [0.2, 0.25) is 0 Å². The molecule has 0 saturated heterocycles. The largest absolute Gasteiger partial charge is 0.548 e. The van der Waals surface area contributed by atoms with E-state index in [9.17, 15) is 27.9 Å². The quantitative estimate of drug-likeness (QED) is 0.913. The van der Waals surface area contributed by atoms with Crippen molar-refractivity contribution in [3.63, 3.8) is 0 Å². The van der Waals surface area contributed by atoms with Crippen LogP contribution in [-0.4, -0.2) is 23.7 Å². The Kier molecular flexibility index (Phi) is 5.63. The smallest absolute Gasteiger partial charge is 0.416 e. The van der Waals surface area contributed by atoms with Crippen molar-refractivity contribution >= 4 is 12.1 Å². The van der Waals surface area contributed by atoms with Crippen LogP contribution >= 0.6 is 0 Å². The topological polar surface area (TPSA) is 78.5 Å². The molecule has 0 radical (unpaired) electrons. The normalized spacial score (nSPS) is 13.3. The number of aliphatic carboxylic acids is 1. The summed E-state index contributed by atoms with van der Waals surface area (Å²) in [5.74, 6) is -1.70. The SMILES string of the molecule is CC(C)(C)OC(=O)N[C@@H](Cc1ccccc1C(F)(F)F)C(=O)[O-]. The fourth-order valence-electron chi connectivity index (χ4n) is 1.84. The van der Waals surface area contributed by atoms with E-state index >= 15 is 0 Å². The van der Waals surface area contributed by atoms with Crippen molar-refractivity contribution in [3.05, 3.63) is 35.4 Å². The Labute approximate surface area is 131 Å². The maximum absolute atomic E-state index is 12.9. The molecule has 1 N–H and O–H groups in total. The second-order valence-corrected chi connectivity index (χ2v) is 5.88. The summed E-state index contributed by atoms with van der Waals surface area (Å²) in [7, 11) is 0. The standard InChI is InChI=1S/C15H18F3NO4/c1-14(2,3)23-13(22)19-11(12(20)21)8-9-6-4-5-7-10(9)15(16,17)18/h4-7,11H,8H2,1-3H3,(H,19,22)(H,20,21)/p-1/t11-/m0/s1. The van der Waals surface area contributed by atoms with Gasteiger partial charge in [0.25, 0.3) is 0 Å². The number of carbonyl (C=O) groups excluding carboxylic acids is 2. The van der Waals surface area contributed by atoms with E-state index < -0.39 is 41.9 Å². The van der Waals surface area contributed by atoms with Crippen LogP contribution in [0.3, 0.4) is 0 Å². The van der Waals surface area contributed by atoms with Crippen LogP contribution in [0.15, 0.2) is 24.3 Å². The summed E-state index contributed by atoms with van der Waals surface area (Å²) < 4.78 is 43.6. The summed E-state index contributed by atoms with van der Waals surface area (Å²) in [4.78, 5) is 22.7. The summed E-state index contributed by atoms with van der Waals surface area (Å²) in [5.41, 5.74) is -2.09. The van der Waals surface area contributed by atoms with Gasteiger partial charge in [-0.25, -0.2) is 4.79 Å². The summed E-state index contributed by atoms with van der Waals surface area (Å²) in [5, 5.41) is 13.1. The van der Waals surface area contributed by atoms with Crippen LogP contribution in [0.4, 0.5) is 18.0 Å². The Bertz CT molecular complexity index is 579. The number of carboxylic acids is 1. The van der Waals surface area contributed by atoms with Gasteiger partial charge in [-0.3, -0.25) is 0 Å². The minimum atomic E-state index is -4.63. The summed E-state index contributed by atoms with van der Waals surface area (Å²) in [6.07, 6.45) is -6.24. The Morgan fingerprint density at radius 2 is 1.78 bits per heavy atom. The molecule has 1 aromatic carbocycles. The number of alkyl carbamates (subject to hydrolysis) is 1. The average Bonchev–Trinajstić information content (AvgIpc) is 2.34. The van der Waals surface area contributed by atoms with E-state index in [4.69, 9.17) is 4.74 Å². The zero-order valence-corrected chi connectivity index (χ0v) is 12.9. The fraction of sp³-hybridized carbons (Fsp3) is 0.467.